The van der Waals surface area contributed by atoms with Gasteiger partial charge in [-0.25, -0.2) is 0 Å². The molecular formula is C23H21ClO4. The zero-order valence-corrected chi connectivity index (χ0v) is 16.1. The first-order valence-electron chi connectivity index (χ1n) is 9.59. The molecule has 0 N–H and O–H groups in total. The van der Waals surface area contributed by atoms with Gasteiger partial charge in [0, 0.05) is 22.1 Å². The van der Waals surface area contributed by atoms with Gasteiger partial charge in [0.1, 0.15) is 0 Å². The second-order valence-corrected chi connectivity index (χ2v) is 8.09. The normalized spacial score (nSPS) is 25.5. The molecule has 0 unspecified atom stereocenters. The third-order valence-corrected chi connectivity index (χ3v) is 6.31. The van der Waals surface area contributed by atoms with Crippen LogP contribution in [-0.4, -0.2) is 24.1 Å². The first kappa shape index (κ1) is 18.9. The number of carbonyl (C=O) groups is 3. The van der Waals surface area contributed by atoms with Crippen molar-refractivity contribution in [2.45, 2.75) is 19.3 Å². The smallest absolute Gasteiger partial charge is 0.310 e. The van der Waals surface area contributed by atoms with Gasteiger partial charge in [-0.2, -0.15) is 0 Å². The first-order valence-corrected chi connectivity index (χ1v) is 9.97. The summed E-state index contributed by atoms with van der Waals surface area (Å²) in [5.74, 6) is -1.10. The highest BCUT2D eigenvalue weighted by Crippen LogP contribution is 2.53. The molecule has 0 amide bonds. The third-order valence-electron chi connectivity index (χ3n) is 6.06. The Morgan fingerprint density at radius 1 is 0.857 bits per heavy atom. The van der Waals surface area contributed by atoms with E-state index in [0.717, 1.165) is 19.3 Å². The van der Waals surface area contributed by atoms with Crippen molar-refractivity contribution < 1.29 is 19.1 Å². The number of benzene rings is 2. The highest BCUT2D eigenvalue weighted by molar-refractivity contribution is 6.30. The molecule has 2 saturated carbocycles. The number of halogens is 1. The molecule has 0 radical (unpaired) electrons. The fourth-order valence-electron chi connectivity index (χ4n) is 4.75. The van der Waals surface area contributed by atoms with Gasteiger partial charge in [-0.15, -0.1) is 0 Å². The molecule has 0 heterocycles. The maximum absolute atomic E-state index is 13.1. The summed E-state index contributed by atoms with van der Waals surface area (Å²) in [6.45, 7) is -0.319. The van der Waals surface area contributed by atoms with Crippen molar-refractivity contribution in [2.75, 3.05) is 6.61 Å². The Labute approximate surface area is 168 Å². The zero-order chi connectivity index (χ0) is 19.7. The van der Waals surface area contributed by atoms with Crippen LogP contribution in [0.25, 0.3) is 0 Å². The highest BCUT2D eigenvalue weighted by atomic mass is 35.5. The van der Waals surface area contributed by atoms with Crippen molar-refractivity contribution in [3.63, 3.8) is 0 Å². The van der Waals surface area contributed by atoms with Gasteiger partial charge in [0.15, 0.2) is 18.2 Å². The molecule has 0 aliphatic heterocycles. The third kappa shape index (κ3) is 3.61. The largest absolute Gasteiger partial charge is 0.457 e. The minimum Gasteiger partial charge on any atom is -0.457 e. The van der Waals surface area contributed by atoms with E-state index in [4.69, 9.17) is 16.3 Å². The Balaban J connectivity index is 1.45. The Morgan fingerprint density at radius 2 is 1.50 bits per heavy atom. The van der Waals surface area contributed by atoms with Crippen LogP contribution in [0.4, 0.5) is 0 Å². The fourth-order valence-corrected chi connectivity index (χ4v) is 4.88. The monoisotopic (exact) mass is 396 g/mol. The summed E-state index contributed by atoms with van der Waals surface area (Å²) < 4.78 is 5.37. The van der Waals surface area contributed by atoms with Gasteiger partial charge in [0.2, 0.25) is 0 Å². The molecule has 5 heteroatoms. The van der Waals surface area contributed by atoms with E-state index in [9.17, 15) is 14.4 Å². The first-order chi connectivity index (χ1) is 13.5. The van der Waals surface area contributed by atoms with E-state index in [1.807, 2.05) is 18.2 Å². The lowest BCUT2D eigenvalue weighted by Crippen LogP contribution is -2.36. The van der Waals surface area contributed by atoms with Crippen molar-refractivity contribution in [1.82, 2.24) is 0 Å². The number of fused-ring (bicyclic) bond motifs is 2. The Kier molecular flexibility index (Phi) is 5.31. The number of hydrogen-bond acceptors (Lipinski definition) is 4. The molecule has 2 bridgehead atoms. The lowest BCUT2D eigenvalue weighted by molar-refractivity contribution is -0.150. The van der Waals surface area contributed by atoms with Crippen LogP contribution in [0, 0.1) is 23.7 Å². The average Bonchev–Trinajstić information content (AvgIpc) is 3.34. The average molecular weight is 397 g/mol. The van der Waals surface area contributed by atoms with Crippen LogP contribution < -0.4 is 0 Å². The van der Waals surface area contributed by atoms with Crippen LogP contribution in [0.5, 0.6) is 0 Å². The van der Waals surface area contributed by atoms with Crippen LogP contribution in [0.2, 0.25) is 5.02 Å². The van der Waals surface area contributed by atoms with E-state index in [2.05, 4.69) is 0 Å². The number of hydrogen-bond donors (Lipinski definition) is 0. The van der Waals surface area contributed by atoms with Gasteiger partial charge < -0.3 is 4.74 Å². The summed E-state index contributed by atoms with van der Waals surface area (Å²) >= 11 is 5.83. The lowest BCUT2D eigenvalue weighted by atomic mass is 9.75. The lowest BCUT2D eigenvalue weighted by Gasteiger charge is -2.28. The van der Waals surface area contributed by atoms with Crippen molar-refractivity contribution in [2.24, 2.45) is 23.7 Å². The molecule has 2 aliphatic rings. The summed E-state index contributed by atoms with van der Waals surface area (Å²) in [5, 5.41) is 0.540. The minimum atomic E-state index is -0.454. The number of Topliss-reactive ketones (excluding diaryl/α,β-unsaturated/α-hetero) is 2. The number of esters is 1. The van der Waals surface area contributed by atoms with Crippen molar-refractivity contribution in [3.8, 4) is 0 Å². The van der Waals surface area contributed by atoms with Gasteiger partial charge in [-0.05, 0) is 55.4 Å². The quantitative estimate of drug-likeness (QED) is 0.528. The maximum atomic E-state index is 13.1. The predicted molar refractivity (Wildman–Crippen MR) is 105 cm³/mol. The van der Waals surface area contributed by atoms with E-state index >= 15 is 0 Å². The Morgan fingerprint density at radius 3 is 2.18 bits per heavy atom. The van der Waals surface area contributed by atoms with Crippen LogP contribution in [0.3, 0.4) is 0 Å². The van der Waals surface area contributed by atoms with Gasteiger partial charge >= 0.3 is 5.97 Å². The molecule has 2 fully saturated rings. The molecule has 0 saturated heterocycles. The molecule has 28 heavy (non-hydrogen) atoms. The molecule has 2 aromatic rings. The zero-order valence-electron chi connectivity index (χ0n) is 15.3. The standard InChI is InChI=1S/C23H21ClO4/c24-18-10-8-14(9-11-18)19(25)13-28-23(27)21-17-7-6-16(12-17)20(21)22(26)15-4-2-1-3-5-15/h1-5,8-11,16-17,20-21H,6-7,12-13H2/t16-,17+,20-,21+/m0/s1. The summed E-state index contributed by atoms with van der Waals surface area (Å²) in [6, 6.07) is 15.6. The molecule has 144 valence electrons. The van der Waals surface area contributed by atoms with Gasteiger partial charge in [0.25, 0.3) is 0 Å². The fraction of sp³-hybridized carbons (Fsp3) is 0.348. The topological polar surface area (TPSA) is 60.4 Å². The number of ether oxygens (including phenoxy) is 1. The molecule has 4 nitrogen and oxygen atoms in total. The second kappa shape index (κ2) is 7.88. The number of carbonyl (C=O) groups excluding carboxylic acids is 3. The van der Waals surface area contributed by atoms with E-state index in [1.165, 1.54) is 0 Å². The Bertz CT molecular complexity index is 891. The molecule has 2 aromatic carbocycles. The summed E-state index contributed by atoms with van der Waals surface area (Å²) in [4.78, 5) is 38.2. The maximum Gasteiger partial charge on any atom is 0.310 e. The van der Waals surface area contributed by atoms with Crippen LogP contribution in [0.15, 0.2) is 54.6 Å². The molecule has 4 rings (SSSR count). The second-order valence-electron chi connectivity index (χ2n) is 7.65. The minimum absolute atomic E-state index is 0.0128. The van der Waals surface area contributed by atoms with Gasteiger partial charge in [-0.1, -0.05) is 41.9 Å². The van der Waals surface area contributed by atoms with Gasteiger partial charge in [-0.3, -0.25) is 14.4 Å². The molecule has 0 spiro atoms. The van der Waals surface area contributed by atoms with Crippen molar-refractivity contribution in [3.05, 3.63) is 70.7 Å². The highest BCUT2D eigenvalue weighted by Gasteiger charge is 2.54. The van der Waals surface area contributed by atoms with Crippen LogP contribution in [-0.2, 0) is 9.53 Å². The Hall–Kier alpha value is -2.46. The number of ketones is 2. The predicted octanol–water partition coefficient (Wildman–Crippen LogP) is 4.61. The van der Waals surface area contributed by atoms with E-state index in [0.29, 0.717) is 16.1 Å². The number of rotatable bonds is 6. The summed E-state index contributed by atoms with van der Waals surface area (Å²) in [5.41, 5.74) is 1.08. The summed E-state index contributed by atoms with van der Waals surface area (Å²) in [7, 11) is 0. The van der Waals surface area contributed by atoms with Gasteiger partial charge in [0.05, 0.1) is 5.92 Å². The van der Waals surface area contributed by atoms with Crippen molar-refractivity contribution >= 4 is 29.1 Å². The van der Waals surface area contributed by atoms with E-state index in [-0.39, 0.29) is 35.9 Å². The summed E-state index contributed by atoms with van der Waals surface area (Å²) in [6.07, 6.45) is 2.80. The van der Waals surface area contributed by atoms with E-state index in [1.54, 1.807) is 36.4 Å². The van der Waals surface area contributed by atoms with E-state index < -0.39 is 11.9 Å². The SMILES string of the molecule is O=C(COC(=O)[C@@H]1[C@@H]2CC[C@@H](C2)[C@@H]1C(=O)c1ccccc1)c1ccc(Cl)cc1. The molecule has 4 atom stereocenters. The molecular weight excluding hydrogens is 376 g/mol. The van der Waals surface area contributed by atoms with Crippen LogP contribution in [0.1, 0.15) is 40.0 Å². The van der Waals surface area contributed by atoms with Crippen molar-refractivity contribution in [1.29, 1.82) is 0 Å². The molecule has 0 aromatic heterocycles. The van der Waals surface area contributed by atoms with Crippen LogP contribution >= 0.6 is 11.6 Å². The molecule has 2 aliphatic carbocycles.